The number of hydrogen-bond acceptors (Lipinski definition) is 2. The topological polar surface area (TPSA) is 42.2 Å². The van der Waals surface area contributed by atoms with Crippen molar-refractivity contribution in [2.75, 3.05) is 5.32 Å². The van der Waals surface area contributed by atoms with E-state index in [0.29, 0.717) is 33.2 Å². The molecule has 2 heterocycles. The van der Waals surface area contributed by atoms with Gasteiger partial charge in [-0.2, -0.15) is 13.2 Å². The van der Waals surface area contributed by atoms with E-state index in [9.17, 15) is 18.0 Å². The van der Waals surface area contributed by atoms with Crippen LogP contribution in [0.5, 0.6) is 0 Å². The van der Waals surface area contributed by atoms with Crippen molar-refractivity contribution in [1.29, 1.82) is 0 Å². The summed E-state index contributed by atoms with van der Waals surface area (Å²) in [5.41, 5.74) is 1.20. The quantitative estimate of drug-likeness (QED) is 0.537. The van der Waals surface area contributed by atoms with E-state index < -0.39 is 11.7 Å². The molecule has 0 spiro atoms. The van der Waals surface area contributed by atoms with E-state index in [1.165, 1.54) is 18.2 Å². The lowest BCUT2D eigenvalue weighted by Crippen LogP contribution is -2.04. The van der Waals surface area contributed by atoms with Crippen LogP contribution in [0.25, 0.3) is 23.0 Å². The van der Waals surface area contributed by atoms with Crippen LogP contribution >= 0.6 is 11.6 Å². The predicted molar refractivity (Wildman–Crippen MR) is 97.1 cm³/mol. The number of rotatable bonds is 2. The first-order chi connectivity index (χ1) is 12.8. The number of amides is 1. The van der Waals surface area contributed by atoms with Crippen LogP contribution in [0.3, 0.4) is 0 Å². The summed E-state index contributed by atoms with van der Waals surface area (Å²) in [6.45, 7) is 0. The average molecular weight is 390 g/mol. The molecule has 0 atom stereocenters. The first kappa shape index (κ1) is 17.4. The number of benzene rings is 2. The fourth-order valence-corrected chi connectivity index (χ4v) is 3.05. The van der Waals surface area contributed by atoms with Gasteiger partial charge in [0.05, 0.1) is 11.1 Å². The van der Waals surface area contributed by atoms with Crippen LogP contribution in [0.15, 0.2) is 59.0 Å². The highest BCUT2D eigenvalue weighted by atomic mass is 35.5. The molecule has 3 aromatic rings. The van der Waals surface area contributed by atoms with Crippen LogP contribution in [-0.2, 0) is 11.0 Å². The molecule has 0 radical (unpaired) electrons. The van der Waals surface area contributed by atoms with Crippen LogP contribution in [-0.4, -0.2) is 5.91 Å². The Morgan fingerprint density at radius 2 is 1.85 bits per heavy atom. The Hall–Kier alpha value is -2.99. The van der Waals surface area contributed by atoms with Gasteiger partial charge in [-0.05, 0) is 48.5 Å². The Morgan fingerprint density at radius 1 is 1.04 bits per heavy atom. The molecule has 1 N–H and O–H groups in total. The number of carbonyl (C=O) groups excluding carboxylic acids is 1. The molecule has 1 aliphatic heterocycles. The van der Waals surface area contributed by atoms with Gasteiger partial charge in [0.1, 0.15) is 11.5 Å². The van der Waals surface area contributed by atoms with Crippen LogP contribution < -0.4 is 5.32 Å². The summed E-state index contributed by atoms with van der Waals surface area (Å²) in [5.74, 6) is 0.322. The molecular weight excluding hydrogens is 379 g/mol. The van der Waals surface area contributed by atoms with Gasteiger partial charge in [0.2, 0.25) is 0 Å². The standard InChI is InChI=1S/C20H11ClF3NO2/c21-13-4-6-17-15(9-13)16(19(26)25-17)10-14-5-7-18(27-14)11-2-1-3-12(8-11)20(22,23)24/h1-10H,(H,25,26)/b16-10+. The summed E-state index contributed by atoms with van der Waals surface area (Å²) in [6, 6.07) is 13.1. The largest absolute Gasteiger partial charge is 0.457 e. The molecule has 1 amide bonds. The molecule has 7 heteroatoms. The highest BCUT2D eigenvalue weighted by Crippen LogP contribution is 2.36. The van der Waals surface area contributed by atoms with E-state index in [4.69, 9.17) is 16.0 Å². The fourth-order valence-electron chi connectivity index (χ4n) is 2.88. The highest BCUT2D eigenvalue weighted by molar-refractivity contribution is 6.36. The second-order valence-electron chi connectivity index (χ2n) is 5.98. The van der Waals surface area contributed by atoms with Gasteiger partial charge in [-0.25, -0.2) is 0 Å². The zero-order valence-corrected chi connectivity index (χ0v) is 14.4. The van der Waals surface area contributed by atoms with Crippen molar-refractivity contribution in [1.82, 2.24) is 0 Å². The van der Waals surface area contributed by atoms with Crippen molar-refractivity contribution in [3.8, 4) is 11.3 Å². The summed E-state index contributed by atoms with van der Waals surface area (Å²) in [7, 11) is 0. The van der Waals surface area contributed by atoms with Gasteiger partial charge in [0, 0.05) is 21.8 Å². The van der Waals surface area contributed by atoms with Crippen molar-refractivity contribution in [2.24, 2.45) is 0 Å². The number of fused-ring (bicyclic) bond motifs is 1. The monoisotopic (exact) mass is 389 g/mol. The van der Waals surface area contributed by atoms with Crippen molar-refractivity contribution in [2.45, 2.75) is 6.18 Å². The number of halogens is 4. The number of alkyl halides is 3. The van der Waals surface area contributed by atoms with Crippen LogP contribution in [0.2, 0.25) is 5.02 Å². The molecule has 0 aliphatic carbocycles. The fraction of sp³-hybridized carbons (Fsp3) is 0.0500. The summed E-state index contributed by atoms with van der Waals surface area (Å²) in [5, 5.41) is 3.21. The molecule has 1 aliphatic rings. The smallest absolute Gasteiger partial charge is 0.416 e. The molecule has 0 unspecified atom stereocenters. The van der Waals surface area contributed by atoms with Gasteiger partial charge in [0.25, 0.3) is 5.91 Å². The van der Waals surface area contributed by atoms with Gasteiger partial charge in [-0.3, -0.25) is 4.79 Å². The van der Waals surface area contributed by atoms with E-state index in [1.807, 2.05) is 0 Å². The van der Waals surface area contributed by atoms with E-state index in [0.717, 1.165) is 12.1 Å². The minimum absolute atomic E-state index is 0.276. The van der Waals surface area contributed by atoms with Gasteiger partial charge in [-0.1, -0.05) is 23.7 Å². The molecular formula is C20H11ClF3NO2. The molecule has 27 heavy (non-hydrogen) atoms. The summed E-state index contributed by atoms with van der Waals surface area (Å²) < 4.78 is 44.3. The third-order valence-electron chi connectivity index (χ3n) is 4.15. The van der Waals surface area contributed by atoms with Gasteiger partial charge < -0.3 is 9.73 Å². The maximum absolute atomic E-state index is 12.9. The van der Waals surface area contributed by atoms with Gasteiger partial charge in [0.15, 0.2) is 0 Å². The second kappa shape index (κ2) is 6.32. The van der Waals surface area contributed by atoms with E-state index in [-0.39, 0.29) is 11.7 Å². The second-order valence-corrected chi connectivity index (χ2v) is 6.42. The lowest BCUT2D eigenvalue weighted by atomic mass is 10.1. The normalized spacial score (nSPS) is 15.1. The van der Waals surface area contributed by atoms with Gasteiger partial charge in [-0.15, -0.1) is 0 Å². The zero-order chi connectivity index (χ0) is 19.2. The maximum Gasteiger partial charge on any atom is 0.416 e. The Balaban J connectivity index is 1.70. The van der Waals surface area contributed by atoms with E-state index in [2.05, 4.69) is 5.32 Å². The third-order valence-corrected chi connectivity index (χ3v) is 4.39. The van der Waals surface area contributed by atoms with Crippen LogP contribution in [0.4, 0.5) is 18.9 Å². The Labute approximate surface area is 157 Å². The molecule has 0 fully saturated rings. The van der Waals surface area contributed by atoms with Gasteiger partial charge >= 0.3 is 6.18 Å². The van der Waals surface area contributed by atoms with E-state index in [1.54, 1.807) is 30.3 Å². The minimum Gasteiger partial charge on any atom is -0.457 e. The molecule has 3 nitrogen and oxygen atoms in total. The SMILES string of the molecule is O=C1Nc2ccc(Cl)cc2/C1=C\c1ccc(-c2cccc(C(F)(F)F)c2)o1. The van der Waals surface area contributed by atoms with E-state index >= 15 is 0 Å². The molecule has 0 saturated carbocycles. The molecule has 4 rings (SSSR count). The number of hydrogen-bond donors (Lipinski definition) is 1. The molecule has 2 aromatic carbocycles. The Bertz CT molecular complexity index is 1080. The molecule has 1 aromatic heterocycles. The first-order valence-corrected chi connectivity index (χ1v) is 8.29. The highest BCUT2D eigenvalue weighted by Gasteiger charge is 2.30. The van der Waals surface area contributed by atoms with Crippen LogP contribution in [0.1, 0.15) is 16.9 Å². The van der Waals surface area contributed by atoms with Crippen molar-refractivity contribution >= 4 is 34.8 Å². The number of nitrogens with one attached hydrogen (secondary N) is 1. The molecule has 0 bridgehead atoms. The predicted octanol–water partition coefficient (Wildman–Crippen LogP) is 6.11. The average Bonchev–Trinajstić information content (AvgIpc) is 3.20. The van der Waals surface area contributed by atoms with Crippen molar-refractivity contribution in [3.05, 3.63) is 76.5 Å². The Kier molecular flexibility index (Phi) is 4.08. The number of carbonyl (C=O) groups is 1. The molecule has 136 valence electrons. The van der Waals surface area contributed by atoms with Crippen LogP contribution in [0, 0.1) is 0 Å². The lowest BCUT2D eigenvalue weighted by molar-refractivity contribution is -0.137. The number of anilines is 1. The number of furan rings is 1. The molecule has 0 saturated heterocycles. The maximum atomic E-state index is 12.9. The summed E-state index contributed by atoms with van der Waals surface area (Å²) in [6.07, 6.45) is -2.90. The van der Waals surface area contributed by atoms with Crippen molar-refractivity contribution in [3.63, 3.8) is 0 Å². The third kappa shape index (κ3) is 3.36. The first-order valence-electron chi connectivity index (χ1n) is 7.92. The Morgan fingerprint density at radius 3 is 2.63 bits per heavy atom. The summed E-state index contributed by atoms with van der Waals surface area (Å²) >= 11 is 5.99. The van der Waals surface area contributed by atoms with Crippen molar-refractivity contribution < 1.29 is 22.4 Å². The summed E-state index contributed by atoms with van der Waals surface area (Å²) in [4.78, 5) is 12.2. The zero-order valence-electron chi connectivity index (χ0n) is 13.6. The lowest BCUT2D eigenvalue weighted by Gasteiger charge is -2.07. The minimum atomic E-state index is -4.43.